The molecular weight excluding hydrogens is 226 g/mol. The van der Waals surface area contributed by atoms with Gasteiger partial charge in [-0.05, 0) is 38.4 Å². The van der Waals surface area contributed by atoms with E-state index in [1.807, 2.05) is 13.1 Å². The first-order valence-electron chi connectivity index (χ1n) is 6.73. The number of nitrogens with zero attached hydrogens (tertiary/aromatic N) is 2. The fourth-order valence-corrected chi connectivity index (χ4v) is 2.31. The van der Waals surface area contributed by atoms with Crippen molar-refractivity contribution < 1.29 is 4.74 Å². The molecule has 1 saturated heterocycles. The molecule has 18 heavy (non-hydrogen) atoms. The number of nitrogens with one attached hydrogen (secondary N) is 1. The van der Waals surface area contributed by atoms with Gasteiger partial charge < -0.3 is 15.0 Å². The van der Waals surface area contributed by atoms with Gasteiger partial charge in [0.25, 0.3) is 0 Å². The topological polar surface area (TPSA) is 37.4 Å². The average Bonchev–Trinajstić information content (AvgIpc) is 2.40. The molecule has 1 aliphatic heterocycles. The molecule has 1 aromatic heterocycles. The third kappa shape index (κ3) is 3.68. The molecule has 1 N–H and O–H groups in total. The fourth-order valence-electron chi connectivity index (χ4n) is 2.31. The predicted molar refractivity (Wildman–Crippen MR) is 73.9 cm³/mol. The summed E-state index contributed by atoms with van der Waals surface area (Å²) in [6.07, 6.45) is 4.01. The first-order chi connectivity index (χ1) is 8.79. The van der Waals surface area contributed by atoms with Crippen LogP contribution in [0.3, 0.4) is 0 Å². The molecular formula is C14H23N3O. The molecule has 4 nitrogen and oxygen atoms in total. The maximum absolute atomic E-state index is 5.77. The normalized spacial score (nSPS) is 19.8. The van der Waals surface area contributed by atoms with E-state index in [0.717, 1.165) is 31.2 Å². The predicted octanol–water partition coefficient (Wildman–Crippen LogP) is 1.81. The summed E-state index contributed by atoms with van der Waals surface area (Å²) < 4.78 is 5.77. The Bertz CT molecular complexity index is 364. The summed E-state index contributed by atoms with van der Waals surface area (Å²) in [6.45, 7) is 2.64. The Balaban J connectivity index is 1.94. The summed E-state index contributed by atoms with van der Waals surface area (Å²) in [5, 5.41) is 3.13. The van der Waals surface area contributed by atoms with Gasteiger partial charge in [0.1, 0.15) is 5.82 Å². The lowest BCUT2D eigenvalue weighted by Gasteiger charge is -2.28. The number of hydrogen-bond acceptors (Lipinski definition) is 4. The van der Waals surface area contributed by atoms with E-state index in [1.54, 1.807) is 0 Å². The van der Waals surface area contributed by atoms with Gasteiger partial charge in [0.2, 0.25) is 0 Å². The van der Waals surface area contributed by atoms with E-state index in [-0.39, 0.29) is 0 Å². The Kier molecular flexibility index (Phi) is 4.96. The molecule has 0 bridgehead atoms. The molecule has 100 valence electrons. The van der Waals surface area contributed by atoms with E-state index in [0.29, 0.717) is 6.10 Å². The summed E-state index contributed by atoms with van der Waals surface area (Å²) in [5.74, 6) is 1.02. The molecule has 4 heteroatoms. The molecule has 0 aromatic carbocycles. The van der Waals surface area contributed by atoms with Gasteiger partial charge in [-0.25, -0.2) is 4.98 Å². The smallest absolute Gasteiger partial charge is 0.128 e. The highest BCUT2D eigenvalue weighted by atomic mass is 16.5. The SMILES string of the molecule is CNCc1cccc(N(C)CC2CCCCO2)n1. The zero-order chi connectivity index (χ0) is 12.8. The van der Waals surface area contributed by atoms with Crippen LogP contribution in [0.4, 0.5) is 5.82 Å². The minimum absolute atomic E-state index is 0.360. The largest absolute Gasteiger partial charge is 0.376 e. The maximum atomic E-state index is 5.77. The van der Waals surface area contributed by atoms with Crippen LogP contribution in [0.2, 0.25) is 0 Å². The zero-order valence-corrected chi connectivity index (χ0v) is 11.4. The number of pyridine rings is 1. The molecule has 0 radical (unpaired) electrons. The van der Waals surface area contributed by atoms with E-state index >= 15 is 0 Å². The summed E-state index contributed by atoms with van der Waals surface area (Å²) in [7, 11) is 4.03. The van der Waals surface area contributed by atoms with E-state index in [2.05, 4.69) is 34.4 Å². The number of rotatable bonds is 5. The summed E-state index contributed by atoms with van der Waals surface area (Å²) in [5.41, 5.74) is 1.08. The van der Waals surface area contributed by atoms with Crippen LogP contribution in [-0.4, -0.2) is 38.3 Å². The van der Waals surface area contributed by atoms with E-state index in [4.69, 9.17) is 4.74 Å². The van der Waals surface area contributed by atoms with Gasteiger partial charge in [-0.2, -0.15) is 0 Å². The molecule has 2 rings (SSSR count). The maximum Gasteiger partial charge on any atom is 0.128 e. The lowest BCUT2D eigenvalue weighted by molar-refractivity contribution is 0.0215. The number of hydrogen-bond donors (Lipinski definition) is 1. The fraction of sp³-hybridized carbons (Fsp3) is 0.643. The highest BCUT2D eigenvalue weighted by Gasteiger charge is 2.16. The van der Waals surface area contributed by atoms with E-state index in [9.17, 15) is 0 Å². The van der Waals surface area contributed by atoms with Gasteiger partial charge in [-0.1, -0.05) is 6.07 Å². The van der Waals surface area contributed by atoms with Gasteiger partial charge in [0.05, 0.1) is 11.8 Å². The van der Waals surface area contributed by atoms with Crippen LogP contribution in [0.1, 0.15) is 25.0 Å². The molecule has 2 heterocycles. The summed E-state index contributed by atoms with van der Waals surface area (Å²) >= 11 is 0. The van der Waals surface area contributed by atoms with E-state index in [1.165, 1.54) is 19.3 Å². The van der Waals surface area contributed by atoms with Crippen molar-refractivity contribution in [1.29, 1.82) is 0 Å². The van der Waals surface area contributed by atoms with Crippen LogP contribution in [0.25, 0.3) is 0 Å². The quantitative estimate of drug-likeness (QED) is 0.863. The van der Waals surface area contributed by atoms with Crippen LogP contribution in [-0.2, 0) is 11.3 Å². The van der Waals surface area contributed by atoms with Crippen LogP contribution >= 0.6 is 0 Å². The monoisotopic (exact) mass is 249 g/mol. The van der Waals surface area contributed by atoms with Crippen LogP contribution in [0, 0.1) is 0 Å². The molecule has 0 aliphatic carbocycles. The first kappa shape index (κ1) is 13.3. The number of anilines is 1. The molecule has 0 amide bonds. The molecule has 1 atom stereocenters. The standard InChI is InChI=1S/C14H23N3O/c1-15-10-12-6-5-8-14(16-12)17(2)11-13-7-3-4-9-18-13/h5-6,8,13,15H,3-4,7,9-11H2,1-2H3. The Morgan fingerprint density at radius 2 is 2.33 bits per heavy atom. The molecule has 0 spiro atoms. The van der Waals surface area contributed by atoms with Crippen molar-refractivity contribution in [2.24, 2.45) is 0 Å². The third-order valence-corrected chi connectivity index (χ3v) is 3.29. The lowest BCUT2D eigenvalue weighted by Crippen LogP contribution is -2.33. The van der Waals surface area contributed by atoms with Crippen LogP contribution < -0.4 is 10.2 Å². The van der Waals surface area contributed by atoms with Gasteiger partial charge in [0.15, 0.2) is 0 Å². The Hall–Kier alpha value is -1.13. The van der Waals surface area contributed by atoms with Crippen molar-refractivity contribution in [3.63, 3.8) is 0 Å². The Morgan fingerprint density at radius 3 is 3.06 bits per heavy atom. The second-order valence-corrected chi connectivity index (χ2v) is 4.89. The number of aromatic nitrogens is 1. The highest BCUT2D eigenvalue weighted by molar-refractivity contribution is 5.38. The zero-order valence-electron chi connectivity index (χ0n) is 11.4. The van der Waals surface area contributed by atoms with Gasteiger partial charge in [-0.3, -0.25) is 0 Å². The number of ether oxygens (including phenoxy) is 1. The minimum Gasteiger partial charge on any atom is -0.376 e. The van der Waals surface area contributed by atoms with Gasteiger partial charge >= 0.3 is 0 Å². The van der Waals surface area contributed by atoms with Gasteiger partial charge in [0, 0.05) is 26.7 Å². The van der Waals surface area contributed by atoms with E-state index < -0.39 is 0 Å². The average molecular weight is 249 g/mol. The Morgan fingerprint density at radius 1 is 1.44 bits per heavy atom. The number of likely N-dealkylation sites (N-methyl/N-ethyl adjacent to an activating group) is 1. The molecule has 1 fully saturated rings. The second kappa shape index (κ2) is 6.71. The highest BCUT2D eigenvalue weighted by Crippen LogP contribution is 2.16. The van der Waals surface area contributed by atoms with Crippen molar-refractivity contribution >= 4 is 5.82 Å². The van der Waals surface area contributed by atoms with Crippen molar-refractivity contribution in [3.8, 4) is 0 Å². The van der Waals surface area contributed by atoms with Crippen LogP contribution in [0.5, 0.6) is 0 Å². The molecule has 1 unspecified atom stereocenters. The van der Waals surface area contributed by atoms with Crippen molar-refractivity contribution in [2.45, 2.75) is 31.9 Å². The van der Waals surface area contributed by atoms with Crippen molar-refractivity contribution in [2.75, 3.05) is 32.1 Å². The van der Waals surface area contributed by atoms with Gasteiger partial charge in [-0.15, -0.1) is 0 Å². The Labute approximate surface area is 109 Å². The van der Waals surface area contributed by atoms with Crippen molar-refractivity contribution in [3.05, 3.63) is 23.9 Å². The summed E-state index contributed by atoms with van der Waals surface area (Å²) in [6, 6.07) is 6.17. The van der Waals surface area contributed by atoms with Crippen LogP contribution in [0.15, 0.2) is 18.2 Å². The first-order valence-corrected chi connectivity index (χ1v) is 6.73. The molecule has 0 saturated carbocycles. The second-order valence-electron chi connectivity index (χ2n) is 4.89. The van der Waals surface area contributed by atoms with Crippen molar-refractivity contribution in [1.82, 2.24) is 10.3 Å². The third-order valence-electron chi connectivity index (χ3n) is 3.29. The summed E-state index contributed by atoms with van der Waals surface area (Å²) in [4.78, 5) is 6.83. The lowest BCUT2D eigenvalue weighted by atomic mass is 10.1. The minimum atomic E-state index is 0.360. The molecule has 1 aromatic rings. The molecule has 1 aliphatic rings.